The minimum absolute atomic E-state index is 0.113. The van der Waals surface area contributed by atoms with Crippen molar-refractivity contribution >= 4 is 11.6 Å². The Hall–Kier alpha value is -3.36. The van der Waals surface area contributed by atoms with Gasteiger partial charge in [0.1, 0.15) is 6.61 Å². The number of hydrogen-bond donors (Lipinski definition) is 1. The average Bonchev–Trinajstić information content (AvgIpc) is 3.09. The van der Waals surface area contributed by atoms with E-state index in [2.05, 4.69) is 20.3 Å². The summed E-state index contributed by atoms with van der Waals surface area (Å²) in [6.45, 7) is 0.148. The highest BCUT2D eigenvalue weighted by molar-refractivity contribution is 6.04. The highest BCUT2D eigenvalue weighted by Crippen LogP contribution is 2.30. The van der Waals surface area contributed by atoms with Crippen LogP contribution < -0.4 is 10.1 Å². The Balaban J connectivity index is 1.66. The lowest BCUT2D eigenvalue weighted by Crippen LogP contribution is -2.14. The second kappa shape index (κ2) is 7.26. The molecule has 2 aromatic carbocycles. The van der Waals surface area contributed by atoms with Crippen LogP contribution in [0.15, 0.2) is 59.2 Å². The third-order valence-electron chi connectivity index (χ3n) is 3.36. The maximum Gasteiger partial charge on any atom is 0.416 e. The minimum atomic E-state index is -4.45. The molecule has 1 N–H and O–H groups in total. The Kier molecular flexibility index (Phi) is 4.87. The predicted octanol–water partition coefficient (Wildman–Crippen LogP) is 3.92. The molecule has 3 rings (SSSR count). The molecular weight excluding hydrogens is 351 g/mol. The fourth-order valence-corrected chi connectivity index (χ4v) is 2.07. The molecule has 1 heterocycles. The number of aromatic nitrogens is 2. The first kappa shape index (κ1) is 17.5. The number of rotatable bonds is 5. The first-order chi connectivity index (χ1) is 12.4. The topological polar surface area (TPSA) is 77.3 Å². The van der Waals surface area contributed by atoms with Gasteiger partial charge in [-0.1, -0.05) is 30.3 Å². The largest absolute Gasteiger partial charge is 0.469 e. The van der Waals surface area contributed by atoms with Gasteiger partial charge in [0.25, 0.3) is 11.8 Å². The third kappa shape index (κ3) is 4.18. The number of hydrogen-bond acceptors (Lipinski definition) is 5. The van der Waals surface area contributed by atoms with E-state index in [9.17, 15) is 18.0 Å². The Bertz CT molecular complexity index is 878. The normalized spacial score (nSPS) is 11.2. The molecule has 0 aliphatic rings. The van der Waals surface area contributed by atoms with E-state index in [1.165, 1.54) is 0 Å². The maximum absolute atomic E-state index is 12.5. The van der Waals surface area contributed by atoms with E-state index in [4.69, 9.17) is 4.74 Å². The SMILES string of the molecule is O=C(Nc1ccc(C(F)(F)F)cc1)c1nonc1OCc1ccccc1. The van der Waals surface area contributed by atoms with Gasteiger partial charge in [0.15, 0.2) is 0 Å². The van der Waals surface area contributed by atoms with E-state index in [1.54, 1.807) is 0 Å². The molecule has 0 saturated carbocycles. The summed E-state index contributed by atoms with van der Waals surface area (Å²) in [6.07, 6.45) is -4.45. The maximum atomic E-state index is 12.5. The second-order valence-electron chi connectivity index (χ2n) is 5.22. The van der Waals surface area contributed by atoms with E-state index >= 15 is 0 Å². The van der Waals surface area contributed by atoms with E-state index in [1.807, 2.05) is 30.3 Å². The number of carbonyl (C=O) groups excluding carboxylic acids is 1. The Morgan fingerprint density at radius 1 is 1.04 bits per heavy atom. The van der Waals surface area contributed by atoms with Crippen LogP contribution in [-0.4, -0.2) is 16.2 Å². The molecule has 0 fully saturated rings. The molecule has 134 valence electrons. The number of carbonyl (C=O) groups is 1. The lowest BCUT2D eigenvalue weighted by molar-refractivity contribution is -0.137. The van der Waals surface area contributed by atoms with E-state index in [0.717, 1.165) is 29.8 Å². The summed E-state index contributed by atoms with van der Waals surface area (Å²) in [4.78, 5) is 12.2. The zero-order chi connectivity index (χ0) is 18.6. The van der Waals surface area contributed by atoms with Crippen molar-refractivity contribution < 1.29 is 27.3 Å². The van der Waals surface area contributed by atoms with Gasteiger partial charge in [-0.25, -0.2) is 4.63 Å². The highest BCUT2D eigenvalue weighted by Gasteiger charge is 2.30. The molecule has 9 heteroatoms. The summed E-state index contributed by atoms with van der Waals surface area (Å²) in [5, 5.41) is 9.41. The first-order valence-corrected chi connectivity index (χ1v) is 7.41. The minimum Gasteiger partial charge on any atom is -0.469 e. The van der Waals surface area contributed by atoms with Gasteiger partial charge in [-0.2, -0.15) is 13.2 Å². The zero-order valence-corrected chi connectivity index (χ0v) is 13.2. The van der Waals surface area contributed by atoms with Crippen molar-refractivity contribution in [1.82, 2.24) is 10.3 Å². The van der Waals surface area contributed by atoms with Crippen molar-refractivity contribution in [1.29, 1.82) is 0 Å². The van der Waals surface area contributed by atoms with Crippen LogP contribution >= 0.6 is 0 Å². The molecular formula is C17H12F3N3O3. The number of ether oxygens (including phenoxy) is 1. The zero-order valence-electron chi connectivity index (χ0n) is 13.2. The van der Waals surface area contributed by atoms with Crippen LogP contribution in [0.1, 0.15) is 21.6 Å². The van der Waals surface area contributed by atoms with Gasteiger partial charge in [0, 0.05) is 5.69 Å². The van der Waals surface area contributed by atoms with Crippen LogP contribution in [0.5, 0.6) is 5.88 Å². The van der Waals surface area contributed by atoms with Crippen molar-refractivity contribution in [2.75, 3.05) is 5.32 Å². The van der Waals surface area contributed by atoms with Crippen molar-refractivity contribution in [2.24, 2.45) is 0 Å². The molecule has 0 spiro atoms. The van der Waals surface area contributed by atoms with Crippen molar-refractivity contribution in [3.8, 4) is 5.88 Å². The predicted molar refractivity (Wildman–Crippen MR) is 84.5 cm³/mol. The standard InChI is InChI=1S/C17H12F3N3O3/c18-17(19,20)12-6-8-13(9-7-12)21-15(24)14-16(23-26-22-14)25-10-11-4-2-1-3-5-11/h1-9H,10H2,(H,21,24). The number of benzene rings is 2. The molecule has 0 bridgehead atoms. The van der Waals surface area contributed by atoms with Crippen LogP contribution in [0.25, 0.3) is 0 Å². The Labute approximate surface area is 145 Å². The summed E-state index contributed by atoms with van der Waals surface area (Å²) in [5.74, 6) is -0.827. The molecule has 0 saturated heterocycles. The molecule has 0 atom stereocenters. The van der Waals surface area contributed by atoms with E-state index in [0.29, 0.717) is 0 Å². The van der Waals surface area contributed by atoms with Gasteiger partial charge in [0.2, 0.25) is 5.69 Å². The number of halogens is 3. The van der Waals surface area contributed by atoms with Gasteiger partial charge >= 0.3 is 6.18 Å². The van der Waals surface area contributed by atoms with Crippen molar-refractivity contribution in [3.05, 3.63) is 71.4 Å². The van der Waals surface area contributed by atoms with Crippen LogP contribution in [0, 0.1) is 0 Å². The van der Waals surface area contributed by atoms with Crippen LogP contribution in [0.3, 0.4) is 0 Å². The summed E-state index contributed by atoms with van der Waals surface area (Å²) >= 11 is 0. The van der Waals surface area contributed by atoms with Crippen LogP contribution in [-0.2, 0) is 12.8 Å². The van der Waals surface area contributed by atoms with E-state index < -0.39 is 17.6 Å². The van der Waals surface area contributed by atoms with Gasteiger partial charge in [-0.3, -0.25) is 4.79 Å². The van der Waals surface area contributed by atoms with Gasteiger partial charge < -0.3 is 10.1 Å². The fraction of sp³-hybridized carbons (Fsp3) is 0.118. The van der Waals surface area contributed by atoms with Crippen molar-refractivity contribution in [3.63, 3.8) is 0 Å². The molecule has 1 amide bonds. The highest BCUT2D eigenvalue weighted by atomic mass is 19.4. The fourth-order valence-electron chi connectivity index (χ4n) is 2.07. The lowest BCUT2D eigenvalue weighted by Gasteiger charge is -2.08. The average molecular weight is 363 g/mol. The second-order valence-corrected chi connectivity index (χ2v) is 5.22. The molecule has 1 aromatic heterocycles. The number of nitrogens with one attached hydrogen (secondary N) is 1. The molecule has 26 heavy (non-hydrogen) atoms. The quantitative estimate of drug-likeness (QED) is 0.743. The summed E-state index contributed by atoms with van der Waals surface area (Å²) < 4.78 is 47.6. The van der Waals surface area contributed by atoms with E-state index in [-0.39, 0.29) is 23.9 Å². The van der Waals surface area contributed by atoms with Crippen molar-refractivity contribution in [2.45, 2.75) is 12.8 Å². The van der Waals surface area contributed by atoms with Crippen LogP contribution in [0.2, 0.25) is 0 Å². The Morgan fingerprint density at radius 3 is 2.38 bits per heavy atom. The molecule has 0 radical (unpaired) electrons. The summed E-state index contributed by atoms with van der Waals surface area (Å²) in [6, 6.07) is 13.2. The van der Waals surface area contributed by atoms with Gasteiger partial charge in [-0.15, -0.1) is 0 Å². The molecule has 3 aromatic rings. The Morgan fingerprint density at radius 2 is 1.73 bits per heavy atom. The number of alkyl halides is 3. The number of anilines is 1. The molecule has 0 unspecified atom stereocenters. The third-order valence-corrected chi connectivity index (χ3v) is 3.36. The summed E-state index contributed by atoms with van der Waals surface area (Å²) in [5.41, 5.74) is -0.00378. The monoisotopic (exact) mass is 363 g/mol. The number of amides is 1. The number of nitrogens with zero attached hydrogens (tertiary/aromatic N) is 2. The molecule has 0 aliphatic heterocycles. The smallest absolute Gasteiger partial charge is 0.416 e. The van der Waals surface area contributed by atoms with Gasteiger partial charge in [0.05, 0.1) is 5.56 Å². The first-order valence-electron chi connectivity index (χ1n) is 7.41. The molecule has 6 nitrogen and oxygen atoms in total. The summed E-state index contributed by atoms with van der Waals surface area (Å²) in [7, 11) is 0. The lowest BCUT2D eigenvalue weighted by atomic mass is 10.2. The van der Waals surface area contributed by atoms with Gasteiger partial charge in [-0.05, 0) is 40.1 Å². The molecule has 0 aliphatic carbocycles. The van der Waals surface area contributed by atoms with Crippen LogP contribution in [0.4, 0.5) is 18.9 Å².